The molecule has 1 fully saturated rings. The first kappa shape index (κ1) is 9.02. The van der Waals surface area contributed by atoms with E-state index in [0.717, 1.165) is 31.9 Å². The zero-order chi connectivity index (χ0) is 9.10. The molecule has 13 heavy (non-hydrogen) atoms. The van der Waals surface area contributed by atoms with Crippen molar-refractivity contribution >= 4 is 15.9 Å². The van der Waals surface area contributed by atoms with Crippen molar-refractivity contribution < 1.29 is 4.74 Å². The van der Waals surface area contributed by atoms with Gasteiger partial charge in [-0.2, -0.15) is 0 Å². The lowest BCUT2D eigenvalue weighted by molar-refractivity contribution is 0.0835. The van der Waals surface area contributed by atoms with Crippen molar-refractivity contribution in [2.24, 2.45) is 0 Å². The van der Waals surface area contributed by atoms with E-state index in [1.807, 2.05) is 0 Å². The lowest BCUT2D eigenvalue weighted by Gasteiger charge is -2.20. The molecule has 5 heteroatoms. The average molecular weight is 244 g/mol. The molecule has 1 aliphatic rings. The molecule has 0 atom stereocenters. The van der Waals surface area contributed by atoms with Crippen LogP contribution in [0.3, 0.4) is 0 Å². The fourth-order valence-corrected chi connectivity index (χ4v) is 1.71. The molecule has 0 saturated carbocycles. The van der Waals surface area contributed by atoms with Gasteiger partial charge in [0.25, 0.3) is 0 Å². The molecular weight excluding hydrogens is 234 g/mol. The highest BCUT2D eigenvalue weighted by Gasteiger charge is 2.18. The smallest absolute Gasteiger partial charge is 0.199 e. The van der Waals surface area contributed by atoms with Gasteiger partial charge in [-0.3, -0.25) is 0 Å². The molecule has 1 aromatic heterocycles. The van der Waals surface area contributed by atoms with Crippen LogP contribution < -0.4 is 0 Å². The predicted molar refractivity (Wildman–Crippen MR) is 50.3 cm³/mol. The topological polar surface area (TPSA) is 47.9 Å². The fraction of sp³-hybridized carbons (Fsp3) is 0.625. The van der Waals surface area contributed by atoms with E-state index < -0.39 is 0 Å². The van der Waals surface area contributed by atoms with E-state index in [9.17, 15) is 0 Å². The maximum atomic E-state index is 5.27. The van der Waals surface area contributed by atoms with Crippen LogP contribution in [0.4, 0.5) is 0 Å². The third-order valence-corrected chi connectivity index (χ3v) is 2.53. The van der Waals surface area contributed by atoms with Crippen molar-refractivity contribution in [3.8, 4) is 0 Å². The van der Waals surface area contributed by atoms with Crippen LogP contribution in [0.25, 0.3) is 0 Å². The molecule has 2 heterocycles. The van der Waals surface area contributed by atoms with Gasteiger partial charge in [0, 0.05) is 19.1 Å². The van der Waals surface area contributed by atoms with Crippen LogP contribution in [-0.4, -0.2) is 28.2 Å². The second-order valence-electron chi connectivity index (χ2n) is 3.00. The third-order valence-electron chi connectivity index (χ3n) is 2.15. The Hall–Kier alpha value is -0.550. The summed E-state index contributed by atoms with van der Waals surface area (Å²) in [5, 5.41) is 0. The van der Waals surface area contributed by atoms with E-state index in [4.69, 9.17) is 4.74 Å². The van der Waals surface area contributed by atoms with Crippen LogP contribution >= 0.6 is 15.9 Å². The molecule has 70 valence electrons. The molecule has 0 bridgehead atoms. The highest BCUT2D eigenvalue weighted by atomic mass is 79.9. The van der Waals surface area contributed by atoms with Gasteiger partial charge in [0.1, 0.15) is 12.2 Å². The Morgan fingerprint density at radius 1 is 1.31 bits per heavy atom. The third kappa shape index (κ3) is 2.22. The van der Waals surface area contributed by atoms with E-state index >= 15 is 0 Å². The first-order valence-electron chi connectivity index (χ1n) is 4.28. The Balaban J connectivity index is 2.14. The molecule has 0 N–H and O–H groups in total. The summed E-state index contributed by atoms with van der Waals surface area (Å²) in [4.78, 5) is 12.3. The second-order valence-corrected chi connectivity index (χ2v) is 3.71. The number of hydrogen-bond acceptors (Lipinski definition) is 4. The van der Waals surface area contributed by atoms with Gasteiger partial charge in [-0.25, -0.2) is 15.0 Å². The van der Waals surface area contributed by atoms with Crippen LogP contribution in [0.2, 0.25) is 0 Å². The molecule has 0 spiro atoms. The van der Waals surface area contributed by atoms with Gasteiger partial charge in [0.05, 0.1) is 0 Å². The normalized spacial score (nSPS) is 18.8. The van der Waals surface area contributed by atoms with Crippen molar-refractivity contribution in [2.45, 2.75) is 18.8 Å². The standard InChI is InChI=1S/C8H10BrN3O/c9-8-11-5-10-7(12-8)6-1-3-13-4-2-6/h5-6H,1-4H2. The minimum absolute atomic E-state index is 0.438. The minimum atomic E-state index is 0.438. The zero-order valence-electron chi connectivity index (χ0n) is 7.11. The van der Waals surface area contributed by atoms with E-state index in [2.05, 4.69) is 30.9 Å². The molecule has 0 amide bonds. The van der Waals surface area contributed by atoms with E-state index in [0.29, 0.717) is 10.7 Å². The molecule has 1 aliphatic heterocycles. The highest BCUT2D eigenvalue weighted by molar-refractivity contribution is 9.10. The Morgan fingerprint density at radius 3 is 2.77 bits per heavy atom. The fourth-order valence-electron chi connectivity index (χ4n) is 1.44. The molecule has 1 saturated heterocycles. The summed E-state index contributed by atoms with van der Waals surface area (Å²) >= 11 is 3.24. The van der Waals surface area contributed by atoms with E-state index in [1.165, 1.54) is 0 Å². The quantitative estimate of drug-likeness (QED) is 0.751. The monoisotopic (exact) mass is 243 g/mol. The van der Waals surface area contributed by atoms with Crippen LogP contribution in [0.1, 0.15) is 24.6 Å². The Labute approximate surface area is 84.9 Å². The van der Waals surface area contributed by atoms with Crippen LogP contribution in [-0.2, 0) is 4.74 Å². The lowest BCUT2D eigenvalue weighted by Crippen LogP contribution is -2.16. The van der Waals surface area contributed by atoms with E-state index in [1.54, 1.807) is 6.33 Å². The highest BCUT2D eigenvalue weighted by Crippen LogP contribution is 2.23. The summed E-state index contributed by atoms with van der Waals surface area (Å²) < 4.78 is 5.88. The molecule has 0 aromatic carbocycles. The van der Waals surface area contributed by atoms with Crippen molar-refractivity contribution in [1.29, 1.82) is 0 Å². The molecule has 0 aliphatic carbocycles. The molecule has 1 aromatic rings. The van der Waals surface area contributed by atoms with E-state index in [-0.39, 0.29) is 0 Å². The van der Waals surface area contributed by atoms with Crippen LogP contribution in [0.5, 0.6) is 0 Å². The molecule has 2 rings (SSSR count). The summed E-state index contributed by atoms with van der Waals surface area (Å²) in [5.41, 5.74) is 0. The summed E-state index contributed by atoms with van der Waals surface area (Å²) in [5.74, 6) is 1.32. The summed E-state index contributed by atoms with van der Waals surface area (Å²) in [6.07, 6.45) is 3.56. The second kappa shape index (κ2) is 4.11. The SMILES string of the molecule is Brc1ncnc(C2CCOCC2)n1. The number of halogens is 1. The number of ether oxygens (including phenoxy) is 1. The van der Waals surface area contributed by atoms with Crippen molar-refractivity contribution in [2.75, 3.05) is 13.2 Å². The van der Waals surface area contributed by atoms with Gasteiger partial charge in [0.2, 0.25) is 0 Å². The number of aromatic nitrogens is 3. The van der Waals surface area contributed by atoms with Gasteiger partial charge in [-0.15, -0.1) is 0 Å². The number of nitrogens with zero attached hydrogens (tertiary/aromatic N) is 3. The summed E-state index contributed by atoms with van der Waals surface area (Å²) in [7, 11) is 0. The maximum absolute atomic E-state index is 5.27. The zero-order valence-corrected chi connectivity index (χ0v) is 8.70. The Bertz CT molecular complexity index is 288. The average Bonchev–Trinajstić information content (AvgIpc) is 2.19. The van der Waals surface area contributed by atoms with Gasteiger partial charge in [-0.05, 0) is 28.8 Å². The Kier molecular flexibility index (Phi) is 2.85. The molecule has 4 nitrogen and oxygen atoms in total. The van der Waals surface area contributed by atoms with Crippen molar-refractivity contribution in [3.05, 3.63) is 16.9 Å². The van der Waals surface area contributed by atoms with Gasteiger partial charge >= 0.3 is 0 Å². The minimum Gasteiger partial charge on any atom is -0.381 e. The molecule has 0 radical (unpaired) electrons. The van der Waals surface area contributed by atoms with Gasteiger partial charge < -0.3 is 4.74 Å². The first-order valence-corrected chi connectivity index (χ1v) is 5.08. The van der Waals surface area contributed by atoms with Crippen molar-refractivity contribution in [3.63, 3.8) is 0 Å². The van der Waals surface area contributed by atoms with Gasteiger partial charge in [0.15, 0.2) is 4.73 Å². The van der Waals surface area contributed by atoms with Gasteiger partial charge in [-0.1, -0.05) is 0 Å². The maximum Gasteiger partial charge on any atom is 0.199 e. The number of hydrogen-bond donors (Lipinski definition) is 0. The summed E-state index contributed by atoms with van der Waals surface area (Å²) in [6, 6.07) is 0. The Morgan fingerprint density at radius 2 is 2.08 bits per heavy atom. The predicted octanol–water partition coefficient (Wildman–Crippen LogP) is 1.53. The lowest BCUT2D eigenvalue weighted by atomic mass is 10.00. The summed E-state index contributed by atoms with van der Waals surface area (Å²) in [6.45, 7) is 1.63. The molecular formula is C8H10BrN3O. The molecule has 0 unspecified atom stereocenters. The van der Waals surface area contributed by atoms with Crippen LogP contribution in [0.15, 0.2) is 11.1 Å². The first-order chi connectivity index (χ1) is 6.36. The van der Waals surface area contributed by atoms with Crippen LogP contribution in [0, 0.1) is 0 Å². The van der Waals surface area contributed by atoms with Crippen molar-refractivity contribution in [1.82, 2.24) is 15.0 Å². The largest absolute Gasteiger partial charge is 0.381 e. The number of rotatable bonds is 1.